The molecule has 0 spiro atoms. The van der Waals surface area contributed by atoms with E-state index in [4.69, 9.17) is 4.74 Å². The summed E-state index contributed by atoms with van der Waals surface area (Å²) in [5.41, 5.74) is 2.30. The van der Waals surface area contributed by atoms with E-state index in [0.29, 0.717) is 24.2 Å². The maximum Gasteiger partial charge on any atom is 0.267 e. The topological polar surface area (TPSA) is 96.8 Å². The van der Waals surface area contributed by atoms with Crippen LogP contribution in [0.5, 0.6) is 0 Å². The standard InChI is InChI=1S/C24H31N5O4S/c1-27(2)34(31,32)21-4-5-22-20(16-21)17-23(29(22)18-19-6-9-25-10-7-19)24(30)26-8-3-11-28-12-14-33-15-13-28/h4-7,9-10,16-17H,3,8,11-15,18H2,1-2H3,(H,26,30). The van der Waals surface area contributed by atoms with E-state index < -0.39 is 10.0 Å². The van der Waals surface area contributed by atoms with Crippen molar-refractivity contribution in [2.75, 3.05) is 53.5 Å². The van der Waals surface area contributed by atoms with Crippen LogP contribution in [0.2, 0.25) is 0 Å². The van der Waals surface area contributed by atoms with Gasteiger partial charge in [0, 0.05) is 63.6 Å². The second-order valence-electron chi connectivity index (χ2n) is 8.54. The zero-order valence-electron chi connectivity index (χ0n) is 19.6. The van der Waals surface area contributed by atoms with Gasteiger partial charge < -0.3 is 14.6 Å². The third kappa shape index (κ3) is 5.47. The fraction of sp³-hybridized carbons (Fsp3) is 0.417. The summed E-state index contributed by atoms with van der Waals surface area (Å²) in [6.07, 6.45) is 4.28. The molecule has 0 radical (unpaired) electrons. The lowest BCUT2D eigenvalue weighted by molar-refractivity contribution is 0.0374. The minimum absolute atomic E-state index is 0.177. The lowest BCUT2D eigenvalue weighted by Gasteiger charge is -2.26. The first-order chi connectivity index (χ1) is 16.4. The number of carbonyl (C=O) groups excluding carboxylic acids is 1. The molecule has 0 atom stereocenters. The number of morpholine rings is 1. The summed E-state index contributed by atoms with van der Waals surface area (Å²) in [6, 6.07) is 10.6. The summed E-state index contributed by atoms with van der Waals surface area (Å²) >= 11 is 0. The summed E-state index contributed by atoms with van der Waals surface area (Å²) in [5, 5.41) is 3.74. The van der Waals surface area contributed by atoms with Crippen LogP contribution in [0.25, 0.3) is 10.9 Å². The van der Waals surface area contributed by atoms with Gasteiger partial charge in [-0.15, -0.1) is 0 Å². The van der Waals surface area contributed by atoms with E-state index in [9.17, 15) is 13.2 Å². The SMILES string of the molecule is CN(C)S(=O)(=O)c1ccc2c(c1)cc(C(=O)NCCCN1CCOCC1)n2Cc1ccncc1. The Balaban J connectivity index is 1.57. The van der Waals surface area contributed by atoms with Gasteiger partial charge in [-0.3, -0.25) is 14.7 Å². The fourth-order valence-corrected chi connectivity index (χ4v) is 5.01. The molecule has 1 aliphatic rings. The molecule has 1 N–H and O–H groups in total. The lowest BCUT2D eigenvalue weighted by atomic mass is 10.2. The number of sulfonamides is 1. The summed E-state index contributed by atoms with van der Waals surface area (Å²) < 4.78 is 33.7. The molecule has 0 unspecified atom stereocenters. The van der Waals surface area contributed by atoms with Crippen molar-refractivity contribution < 1.29 is 17.9 Å². The van der Waals surface area contributed by atoms with E-state index in [2.05, 4.69) is 15.2 Å². The highest BCUT2D eigenvalue weighted by atomic mass is 32.2. The molecule has 2 aromatic heterocycles. The van der Waals surface area contributed by atoms with Crippen molar-refractivity contribution in [3.05, 3.63) is 60.0 Å². The number of nitrogens with zero attached hydrogens (tertiary/aromatic N) is 4. The second-order valence-corrected chi connectivity index (χ2v) is 10.7. The molecule has 4 rings (SSSR count). The van der Waals surface area contributed by atoms with E-state index in [1.54, 1.807) is 36.7 Å². The normalized spacial score (nSPS) is 15.1. The Hall–Kier alpha value is -2.79. The van der Waals surface area contributed by atoms with Crippen LogP contribution in [0, 0.1) is 0 Å². The van der Waals surface area contributed by atoms with Crippen molar-refractivity contribution in [2.45, 2.75) is 17.9 Å². The van der Waals surface area contributed by atoms with Crippen LogP contribution in [-0.4, -0.2) is 86.6 Å². The smallest absolute Gasteiger partial charge is 0.267 e. The summed E-state index contributed by atoms with van der Waals surface area (Å²) in [5.74, 6) is -0.177. The van der Waals surface area contributed by atoms with Gasteiger partial charge in [0.1, 0.15) is 5.69 Å². The van der Waals surface area contributed by atoms with Crippen LogP contribution < -0.4 is 5.32 Å². The molecule has 0 aliphatic carbocycles. The number of benzene rings is 1. The van der Waals surface area contributed by atoms with Crippen molar-refractivity contribution in [3.63, 3.8) is 0 Å². The van der Waals surface area contributed by atoms with E-state index in [1.165, 1.54) is 18.4 Å². The Morgan fingerprint density at radius 3 is 2.56 bits per heavy atom. The zero-order chi connectivity index (χ0) is 24.1. The van der Waals surface area contributed by atoms with Crippen LogP contribution in [0.15, 0.2) is 53.7 Å². The quantitative estimate of drug-likeness (QED) is 0.464. The van der Waals surface area contributed by atoms with Gasteiger partial charge in [0.25, 0.3) is 5.91 Å². The molecule has 9 nitrogen and oxygen atoms in total. The van der Waals surface area contributed by atoms with Gasteiger partial charge in [0.15, 0.2) is 0 Å². The Bertz CT molecular complexity index is 1230. The van der Waals surface area contributed by atoms with Gasteiger partial charge in [0.2, 0.25) is 10.0 Å². The van der Waals surface area contributed by atoms with Crippen LogP contribution in [0.4, 0.5) is 0 Å². The number of nitrogens with one attached hydrogen (secondary N) is 1. The van der Waals surface area contributed by atoms with Crippen LogP contribution in [-0.2, 0) is 21.3 Å². The molecule has 182 valence electrons. The molecule has 1 aliphatic heterocycles. The minimum atomic E-state index is -3.58. The van der Waals surface area contributed by atoms with Crippen molar-refractivity contribution in [2.24, 2.45) is 0 Å². The predicted octanol–water partition coefficient (Wildman–Crippen LogP) is 1.79. The van der Waals surface area contributed by atoms with Gasteiger partial charge in [-0.1, -0.05) is 0 Å². The Labute approximate surface area is 200 Å². The second kappa shape index (κ2) is 10.6. The molecule has 3 aromatic rings. The van der Waals surface area contributed by atoms with E-state index in [0.717, 1.165) is 50.3 Å². The Kier molecular flexibility index (Phi) is 7.62. The van der Waals surface area contributed by atoms with E-state index in [-0.39, 0.29) is 10.8 Å². The number of amides is 1. The maximum absolute atomic E-state index is 13.2. The molecular formula is C24H31N5O4S. The molecule has 10 heteroatoms. The predicted molar refractivity (Wildman–Crippen MR) is 130 cm³/mol. The Morgan fingerprint density at radius 1 is 1.12 bits per heavy atom. The first-order valence-electron chi connectivity index (χ1n) is 11.4. The van der Waals surface area contributed by atoms with E-state index >= 15 is 0 Å². The highest BCUT2D eigenvalue weighted by Crippen LogP contribution is 2.25. The van der Waals surface area contributed by atoms with Crippen LogP contribution in [0.1, 0.15) is 22.5 Å². The van der Waals surface area contributed by atoms with Crippen molar-refractivity contribution in [1.82, 2.24) is 24.1 Å². The molecular weight excluding hydrogens is 454 g/mol. The van der Waals surface area contributed by atoms with Crippen molar-refractivity contribution in [1.29, 1.82) is 0 Å². The third-order valence-corrected chi connectivity index (χ3v) is 7.83. The molecule has 34 heavy (non-hydrogen) atoms. The summed E-state index contributed by atoms with van der Waals surface area (Å²) in [6.45, 7) is 5.31. The largest absolute Gasteiger partial charge is 0.379 e. The first kappa shape index (κ1) is 24.3. The monoisotopic (exact) mass is 485 g/mol. The average Bonchev–Trinajstić information content (AvgIpc) is 3.20. The number of carbonyl (C=O) groups is 1. The van der Waals surface area contributed by atoms with Crippen LogP contribution in [0.3, 0.4) is 0 Å². The first-order valence-corrected chi connectivity index (χ1v) is 12.8. The number of hydrogen-bond acceptors (Lipinski definition) is 6. The van der Waals surface area contributed by atoms with Crippen molar-refractivity contribution in [3.8, 4) is 0 Å². The number of ether oxygens (including phenoxy) is 1. The van der Waals surface area contributed by atoms with E-state index in [1.807, 2.05) is 16.7 Å². The molecule has 1 aromatic carbocycles. The van der Waals surface area contributed by atoms with Gasteiger partial charge in [0.05, 0.1) is 18.1 Å². The molecule has 1 amide bonds. The number of pyridine rings is 1. The number of hydrogen-bond donors (Lipinski definition) is 1. The number of rotatable bonds is 9. The third-order valence-electron chi connectivity index (χ3n) is 6.01. The van der Waals surface area contributed by atoms with Gasteiger partial charge in [-0.05, 0) is 54.9 Å². The molecule has 0 bridgehead atoms. The fourth-order valence-electron chi connectivity index (χ4n) is 4.07. The number of aromatic nitrogens is 2. The summed E-state index contributed by atoms with van der Waals surface area (Å²) in [4.78, 5) is 19.8. The molecule has 1 fully saturated rings. The molecule has 0 saturated carbocycles. The highest BCUT2D eigenvalue weighted by molar-refractivity contribution is 7.89. The van der Waals surface area contributed by atoms with Gasteiger partial charge in [-0.25, -0.2) is 12.7 Å². The molecule has 1 saturated heterocycles. The maximum atomic E-state index is 13.2. The zero-order valence-corrected chi connectivity index (χ0v) is 20.4. The molecule has 3 heterocycles. The highest BCUT2D eigenvalue weighted by Gasteiger charge is 2.21. The van der Waals surface area contributed by atoms with Crippen LogP contribution >= 0.6 is 0 Å². The lowest BCUT2D eigenvalue weighted by Crippen LogP contribution is -2.38. The average molecular weight is 486 g/mol. The van der Waals surface area contributed by atoms with Gasteiger partial charge in [-0.2, -0.15) is 0 Å². The van der Waals surface area contributed by atoms with Crippen molar-refractivity contribution >= 4 is 26.8 Å². The summed E-state index contributed by atoms with van der Waals surface area (Å²) in [7, 11) is -0.570. The van der Waals surface area contributed by atoms with Gasteiger partial charge >= 0.3 is 0 Å². The minimum Gasteiger partial charge on any atom is -0.379 e. The number of fused-ring (bicyclic) bond motifs is 1. The Morgan fingerprint density at radius 2 is 1.85 bits per heavy atom.